The zero-order valence-electron chi connectivity index (χ0n) is 23.0. The van der Waals surface area contributed by atoms with Crippen molar-refractivity contribution in [3.8, 4) is 0 Å². The first kappa shape index (κ1) is 33.8. The molecule has 0 aromatic carbocycles. The molecule has 0 spiro atoms. The van der Waals surface area contributed by atoms with Crippen LogP contribution in [0.5, 0.6) is 0 Å². The normalized spacial score (nSPS) is 12.9. The lowest BCUT2D eigenvalue weighted by atomic mass is 10.1. The number of unbranched alkanes of at least 4 members (excludes halogenated alkanes) is 4. The summed E-state index contributed by atoms with van der Waals surface area (Å²) in [5, 5.41) is 5.90. The number of rotatable bonds is 26. The SMILES string of the molecule is CCCC(C)OCC(=O)NCCCCCOCCOCCOCCCCCNC(=O)C(C)CCC. The van der Waals surface area contributed by atoms with E-state index in [0.29, 0.717) is 39.6 Å². The third kappa shape index (κ3) is 24.3. The summed E-state index contributed by atoms with van der Waals surface area (Å²) >= 11 is 0. The molecule has 2 N–H and O–H groups in total. The smallest absolute Gasteiger partial charge is 0.246 e. The molecule has 0 radical (unpaired) electrons. The molecule has 0 aliphatic heterocycles. The van der Waals surface area contributed by atoms with Crippen molar-refractivity contribution in [3.05, 3.63) is 0 Å². The molecular weight excluding hydrogens is 448 g/mol. The lowest BCUT2D eigenvalue weighted by Crippen LogP contribution is -2.30. The molecule has 0 heterocycles. The molecule has 0 aliphatic carbocycles. The van der Waals surface area contributed by atoms with Crippen LogP contribution < -0.4 is 10.6 Å². The maximum atomic E-state index is 11.8. The summed E-state index contributed by atoms with van der Waals surface area (Å²) in [6.45, 7) is 13.6. The second kappa shape index (κ2) is 25.9. The van der Waals surface area contributed by atoms with Gasteiger partial charge in [-0.3, -0.25) is 9.59 Å². The number of hydrogen-bond acceptors (Lipinski definition) is 6. The molecule has 2 unspecified atom stereocenters. The molecule has 0 aromatic rings. The zero-order valence-corrected chi connectivity index (χ0v) is 23.0. The van der Waals surface area contributed by atoms with E-state index in [1.165, 1.54) is 0 Å². The Bertz CT molecular complexity index is 492. The third-order valence-electron chi connectivity index (χ3n) is 5.66. The summed E-state index contributed by atoms with van der Waals surface area (Å²) in [6.07, 6.45) is 10.2. The molecular formula is C27H54N2O6. The van der Waals surface area contributed by atoms with Gasteiger partial charge in [-0.25, -0.2) is 0 Å². The van der Waals surface area contributed by atoms with Gasteiger partial charge in [0.15, 0.2) is 0 Å². The van der Waals surface area contributed by atoms with Crippen LogP contribution >= 0.6 is 0 Å². The van der Waals surface area contributed by atoms with Crippen LogP contribution in [-0.4, -0.2) is 77.3 Å². The molecule has 0 aliphatic rings. The number of carbonyl (C=O) groups excluding carboxylic acids is 2. The number of nitrogens with one attached hydrogen (secondary N) is 2. The van der Waals surface area contributed by atoms with Crippen molar-refractivity contribution in [2.24, 2.45) is 5.92 Å². The third-order valence-corrected chi connectivity index (χ3v) is 5.66. The van der Waals surface area contributed by atoms with Gasteiger partial charge in [0, 0.05) is 32.2 Å². The maximum absolute atomic E-state index is 11.8. The van der Waals surface area contributed by atoms with Gasteiger partial charge in [0.25, 0.3) is 0 Å². The van der Waals surface area contributed by atoms with Crippen molar-refractivity contribution in [2.45, 2.75) is 98.0 Å². The molecule has 0 aromatic heterocycles. The predicted molar refractivity (Wildman–Crippen MR) is 141 cm³/mol. The van der Waals surface area contributed by atoms with Crippen LogP contribution in [0.2, 0.25) is 0 Å². The van der Waals surface area contributed by atoms with E-state index in [0.717, 1.165) is 77.4 Å². The van der Waals surface area contributed by atoms with Crippen LogP contribution in [0.15, 0.2) is 0 Å². The molecule has 0 fully saturated rings. The molecule has 0 bridgehead atoms. The first-order valence-electron chi connectivity index (χ1n) is 13.9. The molecule has 8 nitrogen and oxygen atoms in total. The van der Waals surface area contributed by atoms with Gasteiger partial charge in [0.2, 0.25) is 11.8 Å². The minimum Gasteiger partial charge on any atom is -0.379 e. The van der Waals surface area contributed by atoms with E-state index in [4.69, 9.17) is 18.9 Å². The van der Waals surface area contributed by atoms with Crippen LogP contribution in [-0.2, 0) is 28.5 Å². The van der Waals surface area contributed by atoms with E-state index in [2.05, 4.69) is 24.5 Å². The van der Waals surface area contributed by atoms with E-state index in [1.54, 1.807) is 0 Å². The summed E-state index contributed by atoms with van der Waals surface area (Å²) in [5.74, 6) is 0.246. The van der Waals surface area contributed by atoms with Gasteiger partial charge in [-0.1, -0.05) is 33.6 Å². The van der Waals surface area contributed by atoms with E-state index < -0.39 is 0 Å². The van der Waals surface area contributed by atoms with Crippen molar-refractivity contribution in [1.29, 1.82) is 0 Å². The van der Waals surface area contributed by atoms with Crippen LogP contribution in [0.3, 0.4) is 0 Å². The molecule has 8 heteroatoms. The number of amides is 2. The Morgan fingerprint density at radius 1 is 0.657 bits per heavy atom. The summed E-state index contributed by atoms with van der Waals surface area (Å²) in [5.41, 5.74) is 0. The highest BCUT2D eigenvalue weighted by atomic mass is 16.5. The molecule has 2 amide bonds. The number of ether oxygens (including phenoxy) is 4. The van der Waals surface area contributed by atoms with Gasteiger partial charge in [-0.05, 0) is 58.3 Å². The molecule has 2 atom stereocenters. The van der Waals surface area contributed by atoms with Crippen LogP contribution in [0, 0.1) is 5.92 Å². The van der Waals surface area contributed by atoms with Crippen molar-refractivity contribution >= 4 is 11.8 Å². The summed E-state index contributed by atoms with van der Waals surface area (Å²) < 4.78 is 22.2. The van der Waals surface area contributed by atoms with Crippen molar-refractivity contribution < 1.29 is 28.5 Å². The fourth-order valence-corrected chi connectivity index (χ4v) is 3.49. The van der Waals surface area contributed by atoms with Crippen molar-refractivity contribution in [2.75, 3.05) is 59.3 Å². The topological polar surface area (TPSA) is 95.1 Å². The van der Waals surface area contributed by atoms with Crippen LogP contribution in [0.25, 0.3) is 0 Å². The second-order valence-corrected chi connectivity index (χ2v) is 9.20. The maximum Gasteiger partial charge on any atom is 0.246 e. The van der Waals surface area contributed by atoms with Crippen molar-refractivity contribution in [3.63, 3.8) is 0 Å². The summed E-state index contributed by atoms with van der Waals surface area (Å²) in [4.78, 5) is 23.5. The Kier molecular flexibility index (Phi) is 25.0. The fraction of sp³-hybridized carbons (Fsp3) is 0.926. The van der Waals surface area contributed by atoms with Gasteiger partial charge in [-0.2, -0.15) is 0 Å². The minimum atomic E-state index is -0.0387. The Balaban J connectivity index is 3.22. The quantitative estimate of drug-likeness (QED) is 0.172. The van der Waals surface area contributed by atoms with Gasteiger partial charge < -0.3 is 29.6 Å². The molecule has 0 rings (SSSR count). The van der Waals surface area contributed by atoms with Gasteiger partial charge in [0.05, 0.1) is 32.5 Å². The lowest BCUT2D eigenvalue weighted by Gasteiger charge is -2.11. The highest BCUT2D eigenvalue weighted by Crippen LogP contribution is 2.05. The standard InChI is InChI=1S/C27H54N2O6/c1-5-13-24(3)27(31)29-16-10-8-12-18-33-20-22-34-21-19-32-17-11-7-9-15-28-26(30)23-35-25(4)14-6-2/h24-25H,5-23H2,1-4H3,(H,28,30)(H,29,31). The molecule has 0 saturated heterocycles. The fourth-order valence-electron chi connectivity index (χ4n) is 3.49. The average molecular weight is 503 g/mol. The Labute approximate surface area is 214 Å². The van der Waals surface area contributed by atoms with Gasteiger partial charge in [0.1, 0.15) is 6.61 Å². The molecule has 208 valence electrons. The predicted octanol–water partition coefficient (Wildman–Crippen LogP) is 4.25. The summed E-state index contributed by atoms with van der Waals surface area (Å²) in [6, 6.07) is 0. The van der Waals surface area contributed by atoms with Crippen molar-refractivity contribution in [1.82, 2.24) is 10.6 Å². The first-order valence-corrected chi connectivity index (χ1v) is 13.9. The van der Waals surface area contributed by atoms with E-state index in [-0.39, 0.29) is 30.4 Å². The minimum absolute atomic E-state index is 0.0387. The Morgan fingerprint density at radius 3 is 1.71 bits per heavy atom. The molecule has 35 heavy (non-hydrogen) atoms. The zero-order chi connectivity index (χ0) is 26.0. The first-order chi connectivity index (χ1) is 17.0. The second-order valence-electron chi connectivity index (χ2n) is 9.20. The van der Waals surface area contributed by atoms with Gasteiger partial charge in [-0.15, -0.1) is 0 Å². The largest absolute Gasteiger partial charge is 0.379 e. The Morgan fingerprint density at radius 2 is 1.17 bits per heavy atom. The van der Waals surface area contributed by atoms with Gasteiger partial charge >= 0.3 is 0 Å². The molecule has 0 saturated carbocycles. The van der Waals surface area contributed by atoms with Crippen LogP contribution in [0.1, 0.15) is 91.9 Å². The number of carbonyl (C=O) groups is 2. The highest BCUT2D eigenvalue weighted by Gasteiger charge is 2.10. The average Bonchev–Trinajstić information content (AvgIpc) is 2.84. The Hall–Kier alpha value is -1.22. The van der Waals surface area contributed by atoms with Crippen LogP contribution in [0.4, 0.5) is 0 Å². The monoisotopic (exact) mass is 502 g/mol. The highest BCUT2D eigenvalue weighted by molar-refractivity contribution is 5.78. The lowest BCUT2D eigenvalue weighted by molar-refractivity contribution is -0.127. The number of hydrogen-bond donors (Lipinski definition) is 2. The summed E-state index contributed by atoms with van der Waals surface area (Å²) in [7, 11) is 0. The van der Waals surface area contributed by atoms with E-state index >= 15 is 0 Å². The van der Waals surface area contributed by atoms with E-state index in [1.807, 2.05) is 13.8 Å². The van der Waals surface area contributed by atoms with E-state index in [9.17, 15) is 9.59 Å².